The van der Waals surface area contributed by atoms with Crippen LogP contribution in [0.25, 0.3) is 10.9 Å². The van der Waals surface area contributed by atoms with Gasteiger partial charge in [-0.25, -0.2) is 15.0 Å². The second kappa shape index (κ2) is 5.81. The maximum absolute atomic E-state index is 6.22. The van der Waals surface area contributed by atoms with Gasteiger partial charge in [0.2, 0.25) is 5.95 Å². The van der Waals surface area contributed by atoms with Crippen LogP contribution in [0.2, 0.25) is 5.15 Å². The first-order valence-electron chi connectivity index (χ1n) is 8.46. The lowest BCUT2D eigenvalue weighted by atomic mass is 10.0. The molecule has 6 nitrogen and oxygen atoms in total. The summed E-state index contributed by atoms with van der Waals surface area (Å²) in [5.41, 5.74) is 0.897. The van der Waals surface area contributed by atoms with Gasteiger partial charge in [0.25, 0.3) is 0 Å². The smallest absolute Gasteiger partial charge is 0.225 e. The molecule has 126 valence electrons. The second-order valence-corrected chi connectivity index (χ2v) is 7.10. The van der Waals surface area contributed by atoms with Gasteiger partial charge in [0.05, 0.1) is 5.52 Å². The van der Waals surface area contributed by atoms with E-state index in [2.05, 4.69) is 35.8 Å². The number of halogens is 1. The molecular weight excluding hydrogens is 336 g/mol. The maximum Gasteiger partial charge on any atom is 0.225 e. The molecule has 3 aromatic heterocycles. The van der Waals surface area contributed by atoms with Crippen LogP contribution in [0.4, 0.5) is 11.8 Å². The van der Waals surface area contributed by atoms with E-state index in [0.29, 0.717) is 17.0 Å². The van der Waals surface area contributed by atoms with Gasteiger partial charge >= 0.3 is 0 Å². The monoisotopic (exact) mass is 352 g/mol. The Bertz CT molecular complexity index is 904. The van der Waals surface area contributed by atoms with E-state index in [1.165, 1.54) is 0 Å². The van der Waals surface area contributed by atoms with Gasteiger partial charge in [-0.05, 0) is 18.2 Å². The van der Waals surface area contributed by atoms with Crippen molar-refractivity contribution in [3.63, 3.8) is 0 Å². The van der Waals surface area contributed by atoms with Gasteiger partial charge in [0, 0.05) is 68.1 Å². The molecule has 2 aliphatic heterocycles. The molecular formula is C18H17ClN6. The Morgan fingerprint density at radius 2 is 1.56 bits per heavy atom. The highest BCUT2D eigenvalue weighted by Crippen LogP contribution is 2.37. The zero-order valence-corrected chi connectivity index (χ0v) is 14.3. The van der Waals surface area contributed by atoms with Crippen molar-refractivity contribution in [3.8, 4) is 0 Å². The summed E-state index contributed by atoms with van der Waals surface area (Å²) < 4.78 is 0. The topological polar surface area (TPSA) is 58.0 Å². The highest BCUT2D eigenvalue weighted by molar-refractivity contribution is 6.30. The molecule has 2 saturated heterocycles. The number of pyridine rings is 2. The molecule has 2 unspecified atom stereocenters. The number of aromatic nitrogens is 4. The molecule has 0 amide bonds. The minimum Gasteiger partial charge on any atom is -0.355 e. The number of nitrogens with zero attached hydrogens (tertiary/aromatic N) is 6. The van der Waals surface area contributed by atoms with Crippen molar-refractivity contribution in [2.45, 2.75) is 0 Å². The van der Waals surface area contributed by atoms with Crippen molar-refractivity contribution in [2.24, 2.45) is 11.8 Å². The Morgan fingerprint density at radius 3 is 2.32 bits per heavy atom. The summed E-state index contributed by atoms with van der Waals surface area (Å²) in [4.78, 5) is 22.4. The Kier molecular flexibility index (Phi) is 3.45. The Hall–Kier alpha value is -2.47. The summed E-state index contributed by atoms with van der Waals surface area (Å²) in [6, 6.07) is 7.70. The molecule has 7 heteroatoms. The van der Waals surface area contributed by atoms with Crippen LogP contribution >= 0.6 is 11.6 Å². The second-order valence-electron chi connectivity index (χ2n) is 6.72. The summed E-state index contributed by atoms with van der Waals surface area (Å²) in [6.07, 6.45) is 5.40. The molecule has 25 heavy (non-hydrogen) atoms. The van der Waals surface area contributed by atoms with E-state index in [9.17, 15) is 0 Å². The predicted octanol–water partition coefficient (Wildman–Crippen LogP) is 2.65. The van der Waals surface area contributed by atoms with Gasteiger partial charge in [-0.1, -0.05) is 11.6 Å². The molecule has 2 atom stereocenters. The fourth-order valence-corrected chi connectivity index (χ4v) is 4.24. The van der Waals surface area contributed by atoms with Gasteiger partial charge in [-0.2, -0.15) is 0 Å². The first-order valence-corrected chi connectivity index (χ1v) is 8.84. The largest absolute Gasteiger partial charge is 0.355 e. The molecule has 0 radical (unpaired) electrons. The minimum absolute atomic E-state index is 0.498. The highest BCUT2D eigenvalue weighted by atomic mass is 35.5. The van der Waals surface area contributed by atoms with Crippen LogP contribution < -0.4 is 9.80 Å². The molecule has 5 heterocycles. The highest BCUT2D eigenvalue weighted by Gasteiger charge is 2.41. The standard InChI is InChI=1S/C18H17ClN6/c19-16-7-15-14(3-1-4-20-15)17(23-16)24-8-12-10-25(11-13(12)9-24)18-21-5-2-6-22-18/h1-7,12-13H,8-11H2. The molecule has 2 fully saturated rings. The van der Waals surface area contributed by atoms with Crippen LogP contribution in [-0.4, -0.2) is 46.1 Å². The molecule has 0 aromatic carbocycles. The fourth-order valence-electron chi connectivity index (χ4n) is 4.05. The summed E-state index contributed by atoms with van der Waals surface area (Å²) in [5, 5.41) is 1.56. The normalized spacial score (nSPS) is 22.6. The zero-order chi connectivity index (χ0) is 16.8. The maximum atomic E-state index is 6.22. The number of rotatable bonds is 2. The van der Waals surface area contributed by atoms with Gasteiger partial charge in [-0.15, -0.1) is 0 Å². The van der Waals surface area contributed by atoms with Crippen molar-refractivity contribution in [3.05, 3.63) is 48.0 Å². The van der Waals surface area contributed by atoms with Crippen LogP contribution in [0.5, 0.6) is 0 Å². The number of fused-ring (bicyclic) bond motifs is 2. The van der Waals surface area contributed by atoms with Gasteiger partial charge in [0.15, 0.2) is 0 Å². The van der Waals surface area contributed by atoms with Crippen LogP contribution in [-0.2, 0) is 0 Å². The molecule has 0 saturated carbocycles. The van der Waals surface area contributed by atoms with Crippen molar-refractivity contribution >= 4 is 34.3 Å². The first kappa shape index (κ1) is 14.8. The third kappa shape index (κ3) is 2.57. The fraction of sp³-hybridized carbons (Fsp3) is 0.333. The van der Waals surface area contributed by atoms with Crippen LogP contribution in [0.1, 0.15) is 0 Å². The average Bonchev–Trinajstić information content (AvgIpc) is 3.21. The lowest BCUT2D eigenvalue weighted by molar-refractivity contribution is 0.533. The number of hydrogen-bond donors (Lipinski definition) is 0. The summed E-state index contributed by atoms with van der Waals surface area (Å²) in [5.74, 6) is 2.97. The molecule has 0 spiro atoms. The van der Waals surface area contributed by atoms with Crippen molar-refractivity contribution < 1.29 is 0 Å². The molecule has 0 N–H and O–H groups in total. The van der Waals surface area contributed by atoms with Crippen molar-refractivity contribution in [1.82, 2.24) is 19.9 Å². The predicted molar refractivity (Wildman–Crippen MR) is 98.0 cm³/mol. The lowest BCUT2D eigenvalue weighted by Gasteiger charge is -2.23. The third-order valence-corrected chi connectivity index (χ3v) is 5.36. The van der Waals surface area contributed by atoms with E-state index in [1.807, 2.05) is 18.2 Å². The third-order valence-electron chi connectivity index (χ3n) is 5.17. The van der Waals surface area contributed by atoms with E-state index in [-0.39, 0.29) is 0 Å². The van der Waals surface area contributed by atoms with Crippen molar-refractivity contribution in [1.29, 1.82) is 0 Å². The first-order chi connectivity index (χ1) is 12.3. The molecule has 2 aliphatic rings. The Labute approximate surface area is 150 Å². The average molecular weight is 353 g/mol. The SMILES string of the molecule is Clc1cc2ncccc2c(N2CC3CN(c4ncccn4)CC3C2)n1. The molecule has 3 aromatic rings. The Morgan fingerprint density at radius 1 is 0.880 bits per heavy atom. The summed E-state index contributed by atoms with van der Waals surface area (Å²) >= 11 is 6.22. The number of hydrogen-bond acceptors (Lipinski definition) is 6. The molecule has 0 bridgehead atoms. The summed E-state index contributed by atoms with van der Waals surface area (Å²) in [7, 11) is 0. The quantitative estimate of drug-likeness (QED) is 0.661. The molecule has 0 aliphatic carbocycles. The number of anilines is 2. The van der Waals surface area contributed by atoms with E-state index in [4.69, 9.17) is 11.6 Å². The van der Waals surface area contributed by atoms with E-state index < -0.39 is 0 Å². The van der Waals surface area contributed by atoms with Gasteiger partial charge in [0.1, 0.15) is 11.0 Å². The van der Waals surface area contributed by atoms with E-state index >= 15 is 0 Å². The van der Waals surface area contributed by atoms with Gasteiger partial charge in [-0.3, -0.25) is 4.98 Å². The zero-order valence-electron chi connectivity index (χ0n) is 13.6. The van der Waals surface area contributed by atoms with Crippen LogP contribution in [0.3, 0.4) is 0 Å². The van der Waals surface area contributed by atoms with Gasteiger partial charge < -0.3 is 9.80 Å². The van der Waals surface area contributed by atoms with E-state index in [0.717, 1.165) is 48.8 Å². The summed E-state index contributed by atoms with van der Waals surface area (Å²) in [6.45, 7) is 3.93. The van der Waals surface area contributed by atoms with E-state index in [1.54, 1.807) is 18.6 Å². The molecule has 5 rings (SSSR count). The lowest BCUT2D eigenvalue weighted by Crippen LogP contribution is -2.30. The van der Waals surface area contributed by atoms with Crippen LogP contribution in [0, 0.1) is 11.8 Å². The Balaban J connectivity index is 1.40. The van der Waals surface area contributed by atoms with Crippen molar-refractivity contribution in [2.75, 3.05) is 36.0 Å². The van der Waals surface area contributed by atoms with Crippen LogP contribution in [0.15, 0.2) is 42.9 Å². The minimum atomic E-state index is 0.498.